The number of thiophene rings is 1. The van der Waals surface area contributed by atoms with Gasteiger partial charge in [0.15, 0.2) is 0 Å². The molecule has 7 nitrogen and oxygen atoms in total. The minimum atomic E-state index is -3.42. The number of hydrogen-bond donors (Lipinski definition) is 1. The van der Waals surface area contributed by atoms with E-state index in [0.717, 1.165) is 0 Å². The second-order valence-electron chi connectivity index (χ2n) is 5.89. The van der Waals surface area contributed by atoms with Gasteiger partial charge < -0.3 is 10.1 Å². The predicted molar refractivity (Wildman–Crippen MR) is 101 cm³/mol. The molecule has 0 radical (unpaired) electrons. The van der Waals surface area contributed by atoms with E-state index in [1.807, 2.05) is 17.0 Å². The maximum atomic E-state index is 12.5. The van der Waals surface area contributed by atoms with Crippen molar-refractivity contribution < 1.29 is 17.9 Å². The van der Waals surface area contributed by atoms with E-state index in [0.29, 0.717) is 41.8 Å². The van der Waals surface area contributed by atoms with Crippen molar-refractivity contribution in [1.82, 2.24) is 9.21 Å². The molecule has 1 saturated heterocycles. The Labute approximate surface area is 157 Å². The van der Waals surface area contributed by atoms with Crippen LogP contribution < -0.4 is 10.1 Å². The van der Waals surface area contributed by atoms with Crippen molar-refractivity contribution in [2.45, 2.75) is 4.21 Å². The summed E-state index contributed by atoms with van der Waals surface area (Å²) in [5.74, 6) is 0.544. The van der Waals surface area contributed by atoms with E-state index in [-0.39, 0.29) is 12.5 Å². The summed E-state index contributed by atoms with van der Waals surface area (Å²) < 4.78 is 32.0. The van der Waals surface area contributed by atoms with E-state index in [2.05, 4.69) is 5.32 Å². The van der Waals surface area contributed by atoms with E-state index in [1.165, 1.54) is 15.6 Å². The van der Waals surface area contributed by atoms with Gasteiger partial charge in [-0.3, -0.25) is 9.69 Å². The second-order valence-corrected chi connectivity index (χ2v) is 9.00. The molecule has 3 rings (SSSR count). The minimum absolute atomic E-state index is 0.132. The molecule has 1 aliphatic heterocycles. The van der Waals surface area contributed by atoms with Crippen LogP contribution in [0.25, 0.3) is 0 Å². The number of nitrogens with zero attached hydrogens (tertiary/aromatic N) is 2. The lowest BCUT2D eigenvalue weighted by Crippen LogP contribution is -2.50. The van der Waals surface area contributed by atoms with Gasteiger partial charge in [-0.1, -0.05) is 12.1 Å². The van der Waals surface area contributed by atoms with Gasteiger partial charge in [0.25, 0.3) is 10.0 Å². The molecule has 2 aromatic rings. The van der Waals surface area contributed by atoms with Gasteiger partial charge in [-0.15, -0.1) is 11.3 Å². The summed E-state index contributed by atoms with van der Waals surface area (Å²) in [4.78, 5) is 14.2. The van der Waals surface area contributed by atoms with Gasteiger partial charge in [0.2, 0.25) is 5.91 Å². The highest BCUT2D eigenvalue weighted by molar-refractivity contribution is 7.91. The summed E-state index contributed by atoms with van der Waals surface area (Å²) in [6.07, 6.45) is 0. The molecule has 1 aliphatic rings. The van der Waals surface area contributed by atoms with Gasteiger partial charge in [0.1, 0.15) is 9.96 Å². The van der Waals surface area contributed by atoms with Crippen molar-refractivity contribution in [2.24, 2.45) is 0 Å². The maximum absolute atomic E-state index is 12.5. The number of carbonyl (C=O) groups excluding carboxylic acids is 1. The summed E-state index contributed by atoms with van der Waals surface area (Å²) in [5.41, 5.74) is 0.674. The highest BCUT2D eigenvalue weighted by Crippen LogP contribution is 2.22. The average molecular weight is 396 g/mol. The van der Waals surface area contributed by atoms with E-state index >= 15 is 0 Å². The first-order valence-electron chi connectivity index (χ1n) is 8.19. The number of amides is 1. The third kappa shape index (κ3) is 4.42. The zero-order chi connectivity index (χ0) is 18.6. The van der Waals surface area contributed by atoms with E-state index in [4.69, 9.17) is 4.74 Å². The standard InChI is InChI=1S/C17H21N3O4S2/c1-24-15-5-2-4-14(12-15)18-16(21)13-19-7-9-20(10-8-19)26(22,23)17-6-3-11-25-17/h2-6,11-12H,7-10,13H2,1H3,(H,18,21). The van der Waals surface area contributed by atoms with Crippen molar-refractivity contribution in [2.75, 3.05) is 45.2 Å². The molecule has 1 amide bonds. The number of rotatable bonds is 6. The summed E-state index contributed by atoms with van der Waals surface area (Å²) in [7, 11) is -1.84. The van der Waals surface area contributed by atoms with Crippen LogP contribution in [-0.2, 0) is 14.8 Å². The Bertz CT molecular complexity index is 845. The normalized spacial score (nSPS) is 16.3. The van der Waals surface area contributed by atoms with Crippen molar-refractivity contribution in [1.29, 1.82) is 0 Å². The fraction of sp³-hybridized carbons (Fsp3) is 0.353. The first-order chi connectivity index (χ1) is 12.5. The second kappa shape index (κ2) is 8.17. The number of piperazine rings is 1. The van der Waals surface area contributed by atoms with E-state index in [1.54, 1.807) is 36.8 Å². The highest BCUT2D eigenvalue weighted by Gasteiger charge is 2.29. The number of ether oxygens (including phenoxy) is 1. The number of anilines is 1. The van der Waals surface area contributed by atoms with Crippen LogP contribution in [0.4, 0.5) is 5.69 Å². The molecule has 0 aliphatic carbocycles. The van der Waals surface area contributed by atoms with Crippen molar-refractivity contribution in [3.05, 3.63) is 41.8 Å². The molecule has 140 valence electrons. The van der Waals surface area contributed by atoms with Gasteiger partial charge in [-0.25, -0.2) is 8.42 Å². The molecule has 2 heterocycles. The smallest absolute Gasteiger partial charge is 0.252 e. The number of benzene rings is 1. The molecule has 1 aromatic heterocycles. The molecular formula is C17H21N3O4S2. The van der Waals surface area contributed by atoms with Crippen LogP contribution in [0.15, 0.2) is 46.0 Å². The quantitative estimate of drug-likeness (QED) is 0.805. The Kier molecular flexibility index (Phi) is 5.92. The van der Waals surface area contributed by atoms with Crippen LogP contribution in [-0.4, -0.2) is 63.4 Å². The summed E-state index contributed by atoms with van der Waals surface area (Å²) in [5, 5.41) is 4.59. The monoisotopic (exact) mass is 395 g/mol. The molecule has 0 spiro atoms. The van der Waals surface area contributed by atoms with Gasteiger partial charge in [-0.05, 0) is 23.6 Å². The van der Waals surface area contributed by atoms with Crippen LogP contribution in [0.3, 0.4) is 0 Å². The van der Waals surface area contributed by atoms with Gasteiger partial charge in [0, 0.05) is 37.9 Å². The number of methoxy groups -OCH3 is 1. The van der Waals surface area contributed by atoms with Crippen LogP contribution in [0.2, 0.25) is 0 Å². The predicted octanol–water partition coefficient (Wildman–Crippen LogP) is 1.70. The Morgan fingerprint density at radius 3 is 2.62 bits per heavy atom. The van der Waals surface area contributed by atoms with Gasteiger partial charge in [-0.2, -0.15) is 4.31 Å². The zero-order valence-electron chi connectivity index (χ0n) is 14.4. The van der Waals surface area contributed by atoms with E-state index in [9.17, 15) is 13.2 Å². The molecule has 1 aromatic carbocycles. The Balaban J connectivity index is 1.51. The summed E-state index contributed by atoms with van der Waals surface area (Å²) in [6.45, 7) is 2.04. The molecule has 0 saturated carbocycles. The van der Waals surface area contributed by atoms with Gasteiger partial charge in [0.05, 0.1) is 13.7 Å². The van der Waals surface area contributed by atoms with Crippen molar-refractivity contribution in [3.63, 3.8) is 0 Å². The molecule has 9 heteroatoms. The molecule has 26 heavy (non-hydrogen) atoms. The number of sulfonamides is 1. The fourth-order valence-electron chi connectivity index (χ4n) is 2.77. The van der Waals surface area contributed by atoms with Crippen LogP contribution >= 0.6 is 11.3 Å². The zero-order valence-corrected chi connectivity index (χ0v) is 16.1. The molecule has 0 bridgehead atoms. The first kappa shape index (κ1) is 18.8. The highest BCUT2D eigenvalue weighted by atomic mass is 32.2. The average Bonchev–Trinajstić information content (AvgIpc) is 3.18. The van der Waals surface area contributed by atoms with Crippen LogP contribution in [0, 0.1) is 0 Å². The lowest BCUT2D eigenvalue weighted by Gasteiger charge is -2.33. The maximum Gasteiger partial charge on any atom is 0.252 e. The molecular weight excluding hydrogens is 374 g/mol. The van der Waals surface area contributed by atoms with Crippen LogP contribution in [0.1, 0.15) is 0 Å². The molecule has 1 N–H and O–H groups in total. The third-order valence-corrected chi connectivity index (χ3v) is 7.41. The fourth-order valence-corrected chi connectivity index (χ4v) is 5.34. The first-order valence-corrected chi connectivity index (χ1v) is 10.5. The number of carbonyl (C=O) groups is 1. The topological polar surface area (TPSA) is 79.0 Å². The number of nitrogens with one attached hydrogen (secondary N) is 1. The minimum Gasteiger partial charge on any atom is -0.497 e. The Morgan fingerprint density at radius 2 is 1.96 bits per heavy atom. The summed E-state index contributed by atoms with van der Waals surface area (Å²) >= 11 is 1.22. The largest absolute Gasteiger partial charge is 0.497 e. The Hall–Kier alpha value is -1.94. The van der Waals surface area contributed by atoms with Crippen molar-refractivity contribution in [3.8, 4) is 5.75 Å². The molecule has 0 atom stereocenters. The SMILES string of the molecule is COc1cccc(NC(=O)CN2CCN(S(=O)(=O)c3cccs3)CC2)c1. The van der Waals surface area contributed by atoms with E-state index < -0.39 is 10.0 Å². The van der Waals surface area contributed by atoms with Crippen LogP contribution in [0.5, 0.6) is 5.75 Å². The van der Waals surface area contributed by atoms with Gasteiger partial charge >= 0.3 is 0 Å². The molecule has 0 unspecified atom stereocenters. The molecule has 1 fully saturated rings. The lowest BCUT2D eigenvalue weighted by molar-refractivity contribution is -0.117. The van der Waals surface area contributed by atoms with Crippen molar-refractivity contribution >= 4 is 33.0 Å². The lowest BCUT2D eigenvalue weighted by atomic mass is 10.3. The number of hydrogen-bond acceptors (Lipinski definition) is 6. The third-order valence-electron chi connectivity index (χ3n) is 4.14. The Morgan fingerprint density at radius 1 is 1.19 bits per heavy atom. The summed E-state index contributed by atoms with van der Waals surface area (Å²) in [6, 6.07) is 10.5.